The average molecular weight is 389 g/mol. The second-order valence-electron chi connectivity index (χ2n) is 7.51. The molecule has 0 aliphatic carbocycles. The smallest absolute Gasteiger partial charge is 0.270 e. The maximum atomic E-state index is 13.4. The van der Waals surface area contributed by atoms with Gasteiger partial charge >= 0.3 is 0 Å². The SMILES string of the molecule is C[C@H]1CN(C(=O)c2cc3cc(F)ccc3[nH]2)Cc2nnc(Cc3ccccc3)n21. The third-order valence-electron chi connectivity index (χ3n) is 5.40. The fourth-order valence-corrected chi connectivity index (χ4v) is 4.06. The number of aromatic nitrogens is 4. The molecular formula is C22H20FN5O. The number of hydrogen-bond donors (Lipinski definition) is 1. The van der Waals surface area contributed by atoms with E-state index in [9.17, 15) is 9.18 Å². The third-order valence-corrected chi connectivity index (χ3v) is 5.40. The van der Waals surface area contributed by atoms with Gasteiger partial charge < -0.3 is 14.5 Å². The molecule has 1 amide bonds. The molecule has 6 nitrogen and oxygen atoms in total. The van der Waals surface area contributed by atoms with Crippen LogP contribution in [0.4, 0.5) is 4.39 Å². The first kappa shape index (κ1) is 17.6. The minimum Gasteiger partial charge on any atom is -0.351 e. The molecule has 4 aromatic rings. The number of amides is 1. The van der Waals surface area contributed by atoms with Crippen molar-refractivity contribution in [2.24, 2.45) is 0 Å². The summed E-state index contributed by atoms with van der Waals surface area (Å²) in [5.74, 6) is 1.26. The van der Waals surface area contributed by atoms with E-state index >= 15 is 0 Å². The van der Waals surface area contributed by atoms with Crippen molar-refractivity contribution in [1.29, 1.82) is 0 Å². The molecule has 0 radical (unpaired) electrons. The molecule has 1 aliphatic rings. The summed E-state index contributed by atoms with van der Waals surface area (Å²) in [5.41, 5.74) is 2.38. The lowest BCUT2D eigenvalue weighted by atomic mass is 10.1. The van der Waals surface area contributed by atoms with Crippen molar-refractivity contribution in [2.45, 2.75) is 25.9 Å². The largest absolute Gasteiger partial charge is 0.351 e. The van der Waals surface area contributed by atoms with E-state index in [1.807, 2.05) is 18.2 Å². The molecule has 0 bridgehead atoms. The summed E-state index contributed by atoms with van der Waals surface area (Å²) >= 11 is 0. The van der Waals surface area contributed by atoms with Crippen LogP contribution in [0.5, 0.6) is 0 Å². The molecule has 7 heteroatoms. The Balaban J connectivity index is 1.40. The Morgan fingerprint density at radius 2 is 2.00 bits per heavy atom. The molecule has 0 saturated carbocycles. The van der Waals surface area contributed by atoms with Gasteiger partial charge in [0, 0.05) is 23.9 Å². The lowest BCUT2D eigenvalue weighted by molar-refractivity contribution is 0.0675. The fraction of sp³-hybridized carbons (Fsp3) is 0.227. The predicted octanol–water partition coefficient (Wildman–Crippen LogP) is 3.71. The van der Waals surface area contributed by atoms with Crippen LogP contribution in [-0.2, 0) is 13.0 Å². The van der Waals surface area contributed by atoms with Gasteiger partial charge in [-0.3, -0.25) is 4.79 Å². The van der Waals surface area contributed by atoms with Gasteiger partial charge in [-0.1, -0.05) is 30.3 Å². The quantitative estimate of drug-likeness (QED) is 0.581. The lowest BCUT2D eigenvalue weighted by Gasteiger charge is -2.32. The Morgan fingerprint density at radius 3 is 2.83 bits per heavy atom. The monoisotopic (exact) mass is 389 g/mol. The topological polar surface area (TPSA) is 66.8 Å². The van der Waals surface area contributed by atoms with E-state index in [2.05, 4.69) is 38.8 Å². The van der Waals surface area contributed by atoms with Crippen LogP contribution in [0.3, 0.4) is 0 Å². The van der Waals surface area contributed by atoms with Gasteiger partial charge in [0.25, 0.3) is 5.91 Å². The number of nitrogens with zero attached hydrogens (tertiary/aromatic N) is 4. The normalized spacial score (nSPS) is 16.2. The summed E-state index contributed by atoms with van der Waals surface area (Å²) < 4.78 is 15.6. The Morgan fingerprint density at radius 1 is 1.17 bits per heavy atom. The highest BCUT2D eigenvalue weighted by atomic mass is 19.1. The predicted molar refractivity (Wildman–Crippen MR) is 107 cm³/mol. The minimum atomic E-state index is -0.318. The number of carbonyl (C=O) groups is 1. The van der Waals surface area contributed by atoms with E-state index in [0.29, 0.717) is 30.6 Å². The number of rotatable bonds is 3. The van der Waals surface area contributed by atoms with Crippen molar-refractivity contribution in [1.82, 2.24) is 24.6 Å². The highest BCUT2D eigenvalue weighted by Gasteiger charge is 2.30. The average Bonchev–Trinajstić information content (AvgIpc) is 3.32. The number of fused-ring (bicyclic) bond motifs is 2. The van der Waals surface area contributed by atoms with Crippen LogP contribution in [0.15, 0.2) is 54.6 Å². The second kappa shape index (κ2) is 6.84. The van der Waals surface area contributed by atoms with E-state index < -0.39 is 0 Å². The third kappa shape index (κ3) is 3.18. The van der Waals surface area contributed by atoms with Crippen molar-refractivity contribution < 1.29 is 9.18 Å². The zero-order valence-electron chi connectivity index (χ0n) is 16.0. The fourth-order valence-electron chi connectivity index (χ4n) is 4.06. The molecule has 0 fully saturated rings. The summed E-state index contributed by atoms with van der Waals surface area (Å²) in [5, 5.41) is 9.41. The van der Waals surface area contributed by atoms with E-state index in [1.54, 1.807) is 17.0 Å². The molecule has 2 aromatic carbocycles. The highest BCUT2D eigenvalue weighted by Crippen LogP contribution is 2.25. The molecule has 5 rings (SSSR count). The summed E-state index contributed by atoms with van der Waals surface area (Å²) in [7, 11) is 0. The molecule has 1 aliphatic heterocycles. The van der Waals surface area contributed by atoms with E-state index in [1.165, 1.54) is 17.7 Å². The van der Waals surface area contributed by atoms with Gasteiger partial charge in [-0.2, -0.15) is 0 Å². The standard InChI is InChI=1S/C22H20FN5O/c1-14-12-27(22(29)19-11-16-10-17(23)7-8-18(16)24-19)13-21-26-25-20(28(14)21)9-15-5-3-2-4-6-15/h2-8,10-11,14,24H,9,12-13H2,1H3/t14-/m0/s1. The number of nitrogens with one attached hydrogen (secondary N) is 1. The lowest BCUT2D eigenvalue weighted by Crippen LogP contribution is -2.41. The first-order valence-corrected chi connectivity index (χ1v) is 9.62. The molecule has 1 atom stereocenters. The molecule has 0 saturated heterocycles. The van der Waals surface area contributed by atoms with Crippen LogP contribution < -0.4 is 0 Å². The van der Waals surface area contributed by atoms with Crippen molar-refractivity contribution >= 4 is 16.8 Å². The van der Waals surface area contributed by atoms with E-state index in [0.717, 1.165) is 17.2 Å². The Kier molecular flexibility index (Phi) is 4.16. The van der Waals surface area contributed by atoms with Gasteiger partial charge in [-0.05, 0) is 36.8 Å². The highest BCUT2D eigenvalue weighted by molar-refractivity contribution is 5.98. The summed E-state index contributed by atoms with van der Waals surface area (Å²) in [4.78, 5) is 17.9. The second-order valence-corrected chi connectivity index (χ2v) is 7.51. The van der Waals surface area contributed by atoms with Gasteiger partial charge in [-0.15, -0.1) is 10.2 Å². The molecule has 0 spiro atoms. The van der Waals surface area contributed by atoms with Crippen LogP contribution >= 0.6 is 0 Å². The number of aromatic amines is 1. The van der Waals surface area contributed by atoms with Gasteiger partial charge in [0.15, 0.2) is 5.82 Å². The van der Waals surface area contributed by atoms with Crippen molar-refractivity contribution in [3.05, 3.63) is 83.3 Å². The van der Waals surface area contributed by atoms with E-state index in [4.69, 9.17) is 0 Å². The Hall–Kier alpha value is -3.48. The maximum absolute atomic E-state index is 13.4. The first-order valence-electron chi connectivity index (χ1n) is 9.62. The van der Waals surface area contributed by atoms with Gasteiger partial charge in [-0.25, -0.2) is 4.39 Å². The molecular weight excluding hydrogens is 369 g/mol. The minimum absolute atomic E-state index is 0.0678. The summed E-state index contributed by atoms with van der Waals surface area (Å²) in [6, 6.07) is 16.4. The van der Waals surface area contributed by atoms with Crippen LogP contribution in [0.1, 0.15) is 40.7 Å². The van der Waals surface area contributed by atoms with Crippen LogP contribution in [0.2, 0.25) is 0 Å². The number of halogens is 1. The number of hydrogen-bond acceptors (Lipinski definition) is 3. The Bertz CT molecular complexity index is 1200. The molecule has 1 N–H and O–H groups in total. The molecule has 146 valence electrons. The van der Waals surface area contributed by atoms with Crippen molar-refractivity contribution in [3.63, 3.8) is 0 Å². The van der Waals surface area contributed by atoms with Gasteiger partial charge in [0.05, 0.1) is 12.6 Å². The molecule has 2 aromatic heterocycles. The van der Waals surface area contributed by atoms with Crippen molar-refractivity contribution in [2.75, 3.05) is 6.54 Å². The van der Waals surface area contributed by atoms with Crippen LogP contribution in [-0.4, -0.2) is 37.1 Å². The zero-order chi connectivity index (χ0) is 20.0. The van der Waals surface area contributed by atoms with Gasteiger partial charge in [0.1, 0.15) is 17.3 Å². The number of H-pyrrole nitrogens is 1. The van der Waals surface area contributed by atoms with Gasteiger partial charge in [0.2, 0.25) is 0 Å². The summed E-state index contributed by atoms with van der Waals surface area (Å²) in [6.45, 7) is 3.03. The van der Waals surface area contributed by atoms with E-state index in [-0.39, 0.29) is 17.8 Å². The summed E-state index contributed by atoms with van der Waals surface area (Å²) in [6.07, 6.45) is 0.708. The molecule has 0 unspecified atom stereocenters. The maximum Gasteiger partial charge on any atom is 0.270 e. The number of carbonyl (C=O) groups excluding carboxylic acids is 1. The van der Waals surface area contributed by atoms with Crippen LogP contribution in [0, 0.1) is 5.82 Å². The molecule has 29 heavy (non-hydrogen) atoms. The number of benzene rings is 2. The molecule has 3 heterocycles. The Labute approximate surface area is 167 Å². The zero-order valence-corrected chi connectivity index (χ0v) is 16.0. The first-order chi connectivity index (χ1) is 14.1. The van der Waals surface area contributed by atoms with Crippen molar-refractivity contribution in [3.8, 4) is 0 Å². The van der Waals surface area contributed by atoms with Crippen LogP contribution in [0.25, 0.3) is 10.9 Å².